The largest absolute Gasteiger partial charge is 0.371 e. The van der Waals surface area contributed by atoms with Crippen LogP contribution >= 0.6 is 0 Å². The highest BCUT2D eigenvalue weighted by molar-refractivity contribution is 5.97. The number of hydrogen-bond acceptors (Lipinski definition) is 5. The average Bonchev–Trinajstić information content (AvgIpc) is 3.39. The Balaban J connectivity index is 1.46. The molecule has 4 rings (SSSR count). The first-order valence-electron chi connectivity index (χ1n) is 11.9. The van der Waals surface area contributed by atoms with Crippen molar-refractivity contribution in [2.75, 3.05) is 23.3 Å². The number of hydrogen-bond donors (Lipinski definition) is 2. The normalized spacial score (nSPS) is 14.2. The number of para-hydroxylation sites is 2. The van der Waals surface area contributed by atoms with Gasteiger partial charge in [-0.25, -0.2) is 4.98 Å². The molecule has 8 heteroatoms. The van der Waals surface area contributed by atoms with Crippen LogP contribution in [0, 0.1) is 0 Å². The maximum Gasteiger partial charge on any atom is 0.269 e. The molecule has 3 aromatic rings. The average molecular weight is 462 g/mol. The van der Waals surface area contributed by atoms with E-state index in [2.05, 4.69) is 20.5 Å². The van der Waals surface area contributed by atoms with Crippen molar-refractivity contribution < 1.29 is 9.59 Å². The SMILES string of the molecule is CCCCC(NC(=O)Cn1c(=O)cnc2ccccc21)C(=O)Nc1cccc(N2CCCC2)c1. The second-order valence-electron chi connectivity index (χ2n) is 8.67. The first-order valence-corrected chi connectivity index (χ1v) is 11.9. The van der Waals surface area contributed by atoms with Crippen LogP contribution in [0.4, 0.5) is 11.4 Å². The lowest BCUT2D eigenvalue weighted by atomic mass is 10.1. The standard InChI is InChI=1S/C26H31N5O3/c1-2-3-11-22(26(34)28-19-9-8-10-20(16-19)30-14-6-7-15-30)29-24(32)18-31-23-13-5-4-12-21(23)27-17-25(31)33/h4-5,8-10,12-13,16-17,22H,2-3,6-7,11,14-15,18H2,1H3,(H,28,34)(H,29,32). The van der Waals surface area contributed by atoms with Crippen molar-refractivity contribution in [3.63, 3.8) is 0 Å². The molecule has 2 aromatic carbocycles. The van der Waals surface area contributed by atoms with Gasteiger partial charge in [0.05, 0.1) is 17.2 Å². The summed E-state index contributed by atoms with van der Waals surface area (Å²) in [6.45, 7) is 3.91. The zero-order valence-electron chi connectivity index (χ0n) is 19.5. The molecule has 1 fully saturated rings. The van der Waals surface area contributed by atoms with Gasteiger partial charge >= 0.3 is 0 Å². The molecule has 0 aliphatic carbocycles. The van der Waals surface area contributed by atoms with Crippen LogP contribution in [0.3, 0.4) is 0 Å². The van der Waals surface area contributed by atoms with Gasteiger partial charge in [0.1, 0.15) is 12.6 Å². The first kappa shape index (κ1) is 23.5. The maximum absolute atomic E-state index is 13.1. The van der Waals surface area contributed by atoms with Gasteiger partial charge in [-0.15, -0.1) is 0 Å². The monoisotopic (exact) mass is 461 g/mol. The van der Waals surface area contributed by atoms with Crippen LogP contribution in [0.15, 0.2) is 59.5 Å². The van der Waals surface area contributed by atoms with Gasteiger partial charge in [-0.1, -0.05) is 38.0 Å². The van der Waals surface area contributed by atoms with E-state index < -0.39 is 6.04 Å². The third-order valence-electron chi connectivity index (χ3n) is 6.14. The molecule has 2 heterocycles. The summed E-state index contributed by atoms with van der Waals surface area (Å²) in [6.07, 6.45) is 5.79. The van der Waals surface area contributed by atoms with Crippen molar-refractivity contribution in [1.29, 1.82) is 0 Å². The van der Waals surface area contributed by atoms with Crippen molar-refractivity contribution in [1.82, 2.24) is 14.9 Å². The van der Waals surface area contributed by atoms with Crippen LogP contribution in [-0.4, -0.2) is 40.5 Å². The van der Waals surface area contributed by atoms with Gasteiger partial charge in [-0.2, -0.15) is 0 Å². The van der Waals surface area contributed by atoms with Gasteiger partial charge in [0, 0.05) is 24.5 Å². The lowest BCUT2D eigenvalue weighted by molar-refractivity contribution is -0.127. The molecule has 1 saturated heterocycles. The number of aromatic nitrogens is 2. The number of carbonyl (C=O) groups excluding carboxylic acids is 2. The Hall–Kier alpha value is -3.68. The number of rotatable bonds is 9. The Kier molecular flexibility index (Phi) is 7.57. The minimum Gasteiger partial charge on any atom is -0.371 e. The maximum atomic E-state index is 13.1. The minimum absolute atomic E-state index is 0.178. The fraction of sp³-hybridized carbons (Fsp3) is 0.385. The molecule has 1 aliphatic heterocycles. The van der Waals surface area contributed by atoms with Gasteiger partial charge in [0.2, 0.25) is 11.8 Å². The lowest BCUT2D eigenvalue weighted by Crippen LogP contribution is -2.45. The molecule has 1 aromatic heterocycles. The summed E-state index contributed by atoms with van der Waals surface area (Å²) in [5, 5.41) is 5.81. The smallest absolute Gasteiger partial charge is 0.269 e. The van der Waals surface area contributed by atoms with E-state index in [4.69, 9.17) is 0 Å². The predicted molar refractivity (Wildman–Crippen MR) is 134 cm³/mol. The van der Waals surface area contributed by atoms with Crippen LogP contribution in [0.2, 0.25) is 0 Å². The topological polar surface area (TPSA) is 96.3 Å². The van der Waals surface area contributed by atoms with Gasteiger partial charge in [-0.05, 0) is 49.6 Å². The summed E-state index contributed by atoms with van der Waals surface area (Å²) >= 11 is 0. The summed E-state index contributed by atoms with van der Waals surface area (Å²) in [7, 11) is 0. The predicted octanol–water partition coefficient (Wildman–Crippen LogP) is 3.31. The molecular weight excluding hydrogens is 430 g/mol. The zero-order valence-corrected chi connectivity index (χ0v) is 19.5. The van der Waals surface area contributed by atoms with Crippen molar-refractivity contribution in [2.45, 2.75) is 51.6 Å². The summed E-state index contributed by atoms with van der Waals surface area (Å²) < 4.78 is 1.38. The Morgan fingerprint density at radius 2 is 1.88 bits per heavy atom. The lowest BCUT2D eigenvalue weighted by Gasteiger charge is -2.21. The van der Waals surface area contributed by atoms with E-state index in [-0.39, 0.29) is 23.9 Å². The molecule has 178 valence electrons. The molecule has 1 atom stereocenters. The summed E-state index contributed by atoms with van der Waals surface area (Å²) in [5.41, 5.74) is 2.66. The van der Waals surface area contributed by atoms with Crippen LogP contribution in [0.25, 0.3) is 11.0 Å². The highest BCUT2D eigenvalue weighted by Crippen LogP contribution is 2.23. The van der Waals surface area contributed by atoms with Crippen molar-refractivity contribution in [2.24, 2.45) is 0 Å². The number of nitrogens with zero attached hydrogens (tertiary/aromatic N) is 3. The van der Waals surface area contributed by atoms with Crippen LogP contribution < -0.4 is 21.1 Å². The second kappa shape index (κ2) is 11.0. The van der Waals surface area contributed by atoms with E-state index in [1.54, 1.807) is 18.2 Å². The van der Waals surface area contributed by atoms with Gasteiger partial charge < -0.3 is 15.5 Å². The van der Waals surface area contributed by atoms with E-state index in [9.17, 15) is 14.4 Å². The molecule has 0 bridgehead atoms. The summed E-state index contributed by atoms with van der Waals surface area (Å²) in [5.74, 6) is -0.646. The zero-order chi connectivity index (χ0) is 23.9. The van der Waals surface area contributed by atoms with E-state index in [1.165, 1.54) is 23.6 Å². The summed E-state index contributed by atoms with van der Waals surface area (Å²) in [4.78, 5) is 44.8. The molecule has 2 amide bonds. The first-order chi connectivity index (χ1) is 16.5. The second-order valence-corrected chi connectivity index (χ2v) is 8.67. The molecule has 0 spiro atoms. The third-order valence-corrected chi connectivity index (χ3v) is 6.14. The molecule has 8 nitrogen and oxygen atoms in total. The molecule has 2 N–H and O–H groups in total. The highest BCUT2D eigenvalue weighted by Gasteiger charge is 2.22. The van der Waals surface area contributed by atoms with Crippen molar-refractivity contribution in [3.8, 4) is 0 Å². The number of unbranched alkanes of at least 4 members (excludes halogenated alkanes) is 1. The molecule has 0 saturated carbocycles. The number of amides is 2. The Morgan fingerprint density at radius 3 is 2.68 bits per heavy atom. The van der Waals surface area contributed by atoms with Crippen LogP contribution in [0.5, 0.6) is 0 Å². The molecule has 1 unspecified atom stereocenters. The van der Waals surface area contributed by atoms with E-state index >= 15 is 0 Å². The number of carbonyl (C=O) groups is 2. The number of benzene rings is 2. The van der Waals surface area contributed by atoms with Crippen molar-refractivity contribution >= 4 is 34.2 Å². The quantitative estimate of drug-likeness (QED) is 0.510. The molecular formula is C26H31N5O3. The number of fused-ring (bicyclic) bond motifs is 1. The van der Waals surface area contributed by atoms with E-state index in [0.29, 0.717) is 23.1 Å². The highest BCUT2D eigenvalue weighted by atomic mass is 16.2. The molecule has 1 aliphatic rings. The van der Waals surface area contributed by atoms with Crippen molar-refractivity contribution in [3.05, 3.63) is 65.1 Å². The van der Waals surface area contributed by atoms with E-state index in [0.717, 1.165) is 31.6 Å². The Morgan fingerprint density at radius 1 is 1.09 bits per heavy atom. The number of nitrogens with one attached hydrogen (secondary N) is 2. The third kappa shape index (κ3) is 5.62. The Bertz CT molecular complexity index is 1220. The van der Waals surface area contributed by atoms with Gasteiger partial charge in [0.15, 0.2) is 0 Å². The fourth-order valence-electron chi connectivity index (χ4n) is 4.32. The van der Waals surface area contributed by atoms with Gasteiger partial charge in [0.25, 0.3) is 5.56 Å². The molecule has 0 radical (unpaired) electrons. The van der Waals surface area contributed by atoms with Crippen LogP contribution in [0.1, 0.15) is 39.0 Å². The number of anilines is 2. The van der Waals surface area contributed by atoms with Crippen LogP contribution in [-0.2, 0) is 16.1 Å². The summed E-state index contributed by atoms with van der Waals surface area (Å²) in [6, 6.07) is 14.3. The fourth-order valence-corrected chi connectivity index (χ4v) is 4.32. The van der Waals surface area contributed by atoms with Gasteiger partial charge in [-0.3, -0.25) is 19.0 Å². The molecule has 34 heavy (non-hydrogen) atoms. The van der Waals surface area contributed by atoms with E-state index in [1.807, 2.05) is 37.3 Å². The Labute approximate surface area is 199 Å². The minimum atomic E-state index is -0.688.